The van der Waals surface area contributed by atoms with Gasteiger partial charge in [-0.25, -0.2) is 0 Å². The summed E-state index contributed by atoms with van der Waals surface area (Å²) in [6, 6.07) is 0. The van der Waals surface area contributed by atoms with E-state index in [9.17, 15) is 0 Å². The molecule has 0 heterocycles. The second kappa shape index (κ2) is 12.4. The minimum atomic E-state index is 0.0196. The predicted molar refractivity (Wildman–Crippen MR) is 73.0 cm³/mol. The van der Waals surface area contributed by atoms with E-state index >= 15 is 0 Å². The molecule has 0 atom stereocenters. The molecule has 1 fully saturated rings. The van der Waals surface area contributed by atoms with Crippen LogP contribution in [0.15, 0.2) is 0 Å². The molecule has 0 saturated heterocycles. The highest BCUT2D eigenvalue weighted by Crippen LogP contribution is 2.22. The average molecular weight is 398 g/mol. The first-order valence-electron chi connectivity index (χ1n) is 4.61. The molecule has 1 aliphatic carbocycles. The van der Waals surface area contributed by atoms with Crippen LogP contribution < -0.4 is 0 Å². The molecule has 0 spiro atoms. The molecule has 0 aromatic heterocycles. The van der Waals surface area contributed by atoms with Crippen LogP contribution in [0.2, 0.25) is 0 Å². The highest BCUT2D eigenvalue weighted by molar-refractivity contribution is 15.0. The van der Waals surface area contributed by atoms with Crippen LogP contribution in [0, 0.1) is 5.92 Å². The highest BCUT2D eigenvalue weighted by atomic mass is 128. The molecule has 0 aromatic carbocycles. The number of halogens is 2. The van der Waals surface area contributed by atoms with Gasteiger partial charge < -0.3 is 5.11 Å². The molecule has 76 valence electrons. The molecule has 0 bridgehead atoms. The first-order chi connectivity index (χ1) is 5.79. The van der Waals surface area contributed by atoms with E-state index < -0.39 is 0 Å². The molecule has 1 saturated carbocycles. The van der Waals surface area contributed by atoms with E-state index in [1.807, 2.05) is 13.8 Å². The van der Waals surface area contributed by atoms with Crippen molar-refractivity contribution in [2.45, 2.75) is 52.6 Å². The summed E-state index contributed by atoms with van der Waals surface area (Å²) in [5.41, 5.74) is 0. The standard InChI is InChI=1S/C7H14O.C2H6.I2/c1-6-2-4-7(8)5-3-6;2*1-2/h6-8H,2-5H2,1H3;1-2H3;. The summed E-state index contributed by atoms with van der Waals surface area (Å²) in [5, 5.41) is 9.03. The smallest absolute Gasteiger partial charge is 0.0540 e. The van der Waals surface area contributed by atoms with E-state index in [0.717, 1.165) is 18.8 Å². The summed E-state index contributed by atoms with van der Waals surface area (Å²) in [5.74, 6) is 0.860. The van der Waals surface area contributed by atoms with Gasteiger partial charge in [-0.2, -0.15) is 0 Å². The average Bonchev–Trinajstić information content (AvgIpc) is 2.17. The molecule has 1 N–H and O–H groups in total. The Hall–Kier alpha value is 1.42. The van der Waals surface area contributed by atoms with Gasteiger partial charge in [0.05, 0.1) is 6.10 Å². The van der Waals surface area contributed by atoms with Crippen molar-refractivity contribution in [1.82, 2.24) is 0 Å². The summed E-state index contributed by atoms with van der Waals surface area (Å²) in [7, 11) is 0. The topological polar surface area (TPSA) is 20.2 Å². The number of rotatable bonds is 0. The Morgan fingerprint density at radius 1 is 1.00 bits per heavy atom. The van der Waals surface area contributed by atoms with Crippen molar-refractivity contribution in [2.24, 2.45) is 5.92 Å². The molecule has 0 amide bonds. The molecular formula is C9H20I2O. The van der Waals surface area contributed by atoms with Gasteiger partial charge in [-0.05, 0) is 31.6 Å². The van der Waals surface area contributed by atoms with Crippen LogP contribution in [0.25, 0.3) is 0 Å². The number of aliphatic hydroxyl groups is 1. The van der Waals surface area contributed by atoms with Crippen LogP contribution in [0.4, 0.5) is 0 Å². The maximum Gasteiger partial charge on any atom is 0.0540 e. The van der Waals surface area contributed by atoms with Crippen molar-refractivity contribution < 1.29 is 5.11 Å². The summed E-state index contributed by atoms with van der Waals surface area (Å²) in [6.45, 7) is 6.26. The first kappa shape index (κ1) is 15.9. The van der Waals surface area contributed by atoms with Crippen LogP contribution >= 0.6 is 37.2 Å². The van der Waals surface area contributed by atoms with Crippen LogP contribution in [-0.4, -0.2) is 11.2 Å². The zero-order valence-corrected chi connectivity index (χ0v) is 12.5. The molecule has 0 unspecified atom stereocenters. The second-order valence-electron chi connectivity index (χ2n) is 2.91. The van der Waals surface area contributed by atoms with Gasteiger partial charge in [0.2, 0.25) is 0 Å². The lowest BCUT2D eigenvalue weighted by molar-refractivity contribution is 0.112. The molecule has 0 aliphatic heterocycles. The van der Waals surface area contributed by atoms with Crippen molar-refractivity contribution in [2.75, 3.05) is 0 Å². The van der Waals surface area contributed by atoms with E-state index in [0.29, 0.717) is 0 Å². The van der Waals surface area contributed by atoms with E-state index in [1.165, 1.54) is 12.8 Å². The molecule has 1 aliphatic rings. The zero-order valence-electron chi connectivity index (χ0n) is 8.19. The normalized spacial score (nSPS) is 27.5. The fourth-order valence-electron chi connectivity index (χ4n) is 1.24. The maximum absolute atomic E-state index is 9.03. The lowest BCUT2D eigenvalue weighted by Gasteiger charge is -2.21. The van der Waals surface area contributed by atoms with Crippen LogP contribution in [0.5, 0.6) is 0 Å². The molecule has 1 rings (SSSR count). The zero-order chi connectivity index (χ0) is 9.98. The van der Waals surface area contributed by atoms with E-state index in [1.54, 1.807) is 0 Å². The lowest BCUT2D eigenvalue weighted by Crippen LogP contribution is -2.15. The number of hydrogen-bond acceptors (Lipinski definition) is 1. The molecule has 3 heteroatoms. The third-order valence-corrected chi connectivity index (χ3v) is 1.99. The molecule has 1 nitrogen and oxygen atoms in total. The van der Waals surface area contributed by atoms with Crippen molar-refractivity contribution in [3.05, 3.63) is 0 Å². The van der Waals surface area contributed by atoms with Gasteiger partial charge in [-0.1, -0.05) is 20.8 Å². The van der Waals surface area contributed by atoms with Crippen molar-refractivity contribution in [1.29, 1.82) is 0 Å². The number of aliphatic hydroxyl groups excluding tert-OH is 1. The van der Waals surface area contributed by atoms with Gasteiger partial charge in [0.1, 0.15) is 0 Å². The van der Waals surface area contributed by atoms with Crippen molar-refractivity contribution in [3.63, 3.8) is 0 Å². The second-order valence-corrected chi connectivity index (χ2v) is 2.91. The maximum atomic E-state index is 9.03. The van der Waals surface area contributed by atoms with Gasteiger partial charge in [-0.15, -0.1) is 0 Å². The Bertz CT molecular complexity index is 60.9. The largest absolute Gasteiger partial charge is 0.393 e. The van der Waals surface area contributed by atoms with Gasteiger partial charge >= 0.3 is 0 Å². The van der Waals surface area contributed by atoms with Gasteiger partial charge in [-0.3, -0.25) is 0 Å². The van der Waals surface area contributed by atoms with Crippen LogP contribution in [0.3, 0.4) is 0 Å². The third kappa shape index (κ3) is 9.51. The van der Waals surface area contributed by atoms with Crippen molar-refractivity contribution >= 4 is 37.2 Å². The quantitative estimate of drug-likeness (QED) is 0.602. The summed E-state index contributed by atoms with van der Waals surface area (Å²) < 4.78 is 0. The van der Waals surface area contributed by atoms with Gasteiger partial charge in [0.15, 0.2) is 0 Å². The monoisotopic (exact) mass is 398 g/mol. The highest BCUT2D eigenvalue weighted by Gasteiger charge is 2.14. The fourth-order valence-corrected chi connectivity index (χ4v) is 1.24. The van der Waals surface area contributed by atoms with Gasteiger partial charge in [0.25, 0.3) is 0 Å². The van der Waals surface area contributed by atoms with E-state index in [-0.39, 0.29) is 6.10 Å². The fraction of sp³-hybridized carbons (Fsp3) is 1.00. The van der Waals surface area contributed by atoms with E-state index in [2.05, 4.69) is 44.2 Å². The number of hydrogen-bond donors (Lipinski definition) is 1. The summed E-state index contributed by atoms with van der Waals surface area (Å²) >= 11 is 4.24. The molecule has 0 aromatic rings. The minimum absolute atomic E-state index is 0.0196. The molecule has 12 heavy (non-hydrogen) atoms. The first-order valence-corrected chi connectivity index (χ1v) is 10.9. The molecular weight excluding hydrogens is 378 g/mol. The lowest BCUT2D eigenvalue weighted by atomic mass is 9.89. The van der Waals surface area contributed by atoms with Crippen molar-refractivity contribution in [3.8, 4) is 0 Å². The minimum Gasteiger partial charge on any atom is -0.393 e. The Balaban J connectivity index is 0. The summed E-state index contributed by atoms with van der Waals surface area (Å²) in [4.78, 5) is 0. The predicted octanol–water partition coefficient (Wildman–Crippen LogP) is 4.36. The Labute approximate surface area is 100 Å². The Morgan fingerprint density at radius 3 is 1.58 bits per heavy atom. The summed E-state index contributed by atoms with van der Waals surface area (Å²) in [6.07, 6.45) is 4.52. The molecule has 0 radical (unpaired) electrons. The Kier molecular flexibility index (Phi) is 16.4. The SMILES string of the molecule is CC.CC1CCC(O)CC1.II. The Morgan fingerprint density at radius 2 is 1.33 bits per heavy atom. The van der Waals surface area contributed by atoms with E-state index in [4.69, 9.17) is 5.11 Å². The van der Waals surface area contributed by atoms with Gasteiger partial charge in [0, 0.05) is 37.2 Å². The third-order valence-electron chi connectivity index (χ3n) is 1.99. The van der Waals surface area contributed by atoms with Crippen LogP contribution in [-0.2, 0) is 0 Å². The van der Waals surface area contributed by atoms with Crippen LogP contribution in [0.1, 0.15) is 46.5 Å².